The maximum absolute atomic E-state index is 10.6. The van der Waals surface area contributed by atoms with E-state index in [2.05, 4.69) is 0 Å². The minimum Gasteiger partial charge on any atom is -0.303 e. The van der Waals surface area contributed by atoms with Gasteiger partial charge in [-0.15, -0.1) is 11.3 Å². The first-order valence-corrected chi connectivity index (χ1v) is 5.13. The van der Waals surface area contributed by atoms with Gasteiger partial charge < -0.3 is 4.79 Å². The summed E-state index contributed by atoms with van der Waals surface area (Å²) in [7, 11) is 0. The highest BCUT2D eigenvalue weighted by Crippen LogP contribution is 2.27. The smallest absolute Gasteiger partial charge is 0.212 e. The number of rotatable bonds is 5. The molecule has 0 N–H and O–H groups in total. The van der Waals surface area contributed by atoms with E-state index < -0.39 is 0 Å². The summed E-state index contributed by atoms with van der Waals surface area (Å²) in [6.07, 6.45) is 0.772. The van der Waals surface area contributed by atoms with Crippen LogP contribution in [0.4, 0.5) is 0 Å². The average Bonchev–Trinajstić information content (AvgIpc) is 2.65. The van der Waals surface area contributed by atoms with Crippen molar-refractivity contribution >= 4 is 17.6 Å². The molecule has 0 saturated heterocycles. The second-order valence-electron chi connectivity index (χ2n) is 3.13. The second kappa shape index (κ2) is 4.85. The molecule has 1 aromatic rings. The van der Waals surface area contributed by atoms with E-state index in [0.29, 0.717) is 0 Å². The highest BCUT2D eigenvalue weighted by molar-refractivity contribution is 7.10. The number of nitrogens with zero attached hydrogens (tertiary/aromatic N) is 1. The maximum atomic E-state index is 10.6. The molecule has 1 rings (SSSR count). The fraction of sp³-hybridized carbons (Fsp3) is 0.444. The lowest BCUT2D eigenvalue weighted by atomic mass is 9.94. The molecular weight excluding hydrogens is 202 g/mol. The fourth-order valence-electron chi connectivity index (χ4n) is 1.27. The summed E-state index contributed by atoms with van der Waals surface area (Å²) in [6, 6.07) is 3.67. The van der Waals surface area contributed by atoms with Crippen LogP contribution in [0.5, 0.6) is 0 Å². The Labute approximate surface area is 85.7 Å². The van der Waals surface area contributed by atoms with Crippen molar-refractivity contribution in [3.63, 3.8) is 0 Å². The molecule has 0 fully saturated rings. The van der Waals surface area contributed by atoms with Crippen molar-refractivity contribution in [3.05, 3.63) is 32.5 Å². The number of carbonyl (C=O) groups is 1. The van der Waals surface area contributed by atoms with Gasteiger partial charge in [-0.3, -0.25) is 10.1 Å². The van der Waals surface area contributed by atoms with Crippen LogP contribution in [0, 0.1) is 16.0 Å². The summed E-state index contributed by atoms with van der Waals surface area (Å²) in [5.41, 5.74) is 0. The van der Waals surface area contributed by atoms with Gasteiger partial charge in [0.2, 0.25) is 6.54 Å². The molecule has 0 unspecified atom stereocenters. The first-order valence-electron chi connectivity index (χ1n) is 4.25. The van der Waals surface area contributed by atoms with E-state index >= 15 is 0 Å². The minimum absolute atomic E-state index is 0.180. The van der Waals surface area contributed by atoms with E-state index in [1.54, 1.807) is 6.92 Å². The molecule has 0 bridgehead atoms. The average molecular weight is 213 g/mol. The Bertz CT molecular complexity index is 310. The van der Waals surface area contributed by atoms with Crippen LogP contribution in [-0.4, -0.2) is 17.8 Å². The molecule has 14 heavy (non-hydrogen) atoms. The van der Waals surface area contributed by atoms with Gasteiger partial charge in [-0.2, -0.15) is 0 Å². The van der Waals surface area contributed by atoms with Crippen molar-refractivity contribution in [2.75, 3.05) is 6.54 Å². The Hall–Kier alpha value is -1.23. The summed E-state index contributed by atoms with van der Waals surface area (Å²) in [5.74, 6) is -0.596. The predicted octanol–water partition coefficient (Wildman–Crippen LogP) is 1.94. The van der Waals surface area contributed by atoms with Gasteiger partial charge in [-0.05, 0) is 11.4 Å². The van der Waals surface area contributed by atoms with Crippen LogP contribution in [0.3, 0.4) is 0 Å². The largest absolute Gasteiger partial charge is 0.303 e. The molecule has 0 aliphatic rings. The monoisotopic (exact) mass is 213 g/mol. The molecule has 1 heterocycles. The predicted molar refractivity (Wildman–Crippen MR) is 54.1 cm³/mol. The first-order chi connectivity index (χ1) is 6.65. The van der Waals surface area contributed by atoms with E-state index in [0.717, 1.165) is 11.2 Å². The highest BCUT2D eigenvalue weighted by atomic mass is 32.1. The van der Waals surface area contributed by atoms with E-state index in [1.165, 1.54) is 11.3 Å². The summed E-state index contributed by atoms with van der Waals surface area (Å²) in [4.78, 5) is 21.6. The Morgan fingerprint density at radius 3 is 2.86 bits per heavy atom. The molecule has 0 radical (unpaired) electrons. The summed E-state index contributed by atoms with van der Waals surface area (Å²) in [5, 5.41) is 12.3. The Morgan fingerprint density at radius 1 is 1.71 bits per heavy atom. The first kappa shape index (κ1) is 10.8. The lowest BCUT2D eigenvalue weighted by molar-refractivity contribution is -0.484. The van der Waals surface area contributed by atoms with Crippen LogP contribution < -0.4 is 0 Å². The van der Waals surface area contributed by atoms with Gasteiger partial charge >= 0.3 is 0 Å². The van der Waals surface area contributed by atoms with Gasteiger partial charge in [0.25, 0.3) is 0 Å². The Balaban J connectivity index is 2.82. The molecule has 0 amide bonds. The van der Waals surface area contributed by atoms with Crippen molar-refractivity contribution in [3.8, 4) is 0 Å². The quantitative estimate of drug-likeness (QED) is 0.426. The zero-order valence-electron chi connectivity index (χ0n) is 7.75. The molecular formula is C9H11NO3S. The third-order valence-electron chi connectivity index (χ3n) is 2.10. The van der Waals surface area contributed by atoms with Crippen LogP contribution in [-0.2, 0) is 4.79 Å². The van der Waals surface area contributed by atoms with E-state index in [-0.39, 0.29) is 23.3 Å². The zero-order chi connectivity index (χ0) is 10.6. The van der Waals surface area contributed by atoms with Crippen LogP contribution in [0.15, 0.2) is 17.5 Å². The molecule has 2 atom stereocenters. The lowest BCUT2D eigenvalue weighted by Gasteiger charge is -2.13. The van der Waals surface area contributed by atoms with Gasteiger partial charge in [0.05, 0.1) is 5.92 Å². The van der Waals surface area contributed by atoms with Crippen molar-refractivity contribution in [1.29, 1.82) is 0 Å². The van der Waals surface area contributed by atoms with Gasteiger partial charge in [0, 0.05) is 15.7 Å². The van der Waals surface area contributed by atoms with E-state index in [9.17, 15) is 14.9 Å². The Morgan fingerprint density at radius 2 is 2.43 bits per heavy atom. The molecule has 0 aromatic carbocycles. The second-order valence-corrected chi connectivity index (χ2v) is 4.11. The zero-order valence-corrected chi connectivity index (χ0v) is 8.57. The number of hydrogen-bond donors (Lipinski definition) is 0. The van der Waals surface area contributed by atoms with E-state index in [1.807, 2.05) is 17.5 Å². The fourth-order valence-corrected chi connectivity index (χ4v) is 2.21. The molecule has 0 aliphatic heterocycles. The number of nitro groups is 1. The summed E-state index contributed by atoms with van der Waals surface area (Å²) >= 11 is 1.45. The third kappa shape index (κ3) is 2.63. The molecule has 76 valence electrons. The van der Waals surface area contributed by atoms with Crippen LogP contribution >= 0.6 is 11.3 Å². The van der Waals surface area contributed by atoms with Gasteiger partial charge in [0.1, 0.15) is 6.29 Å². The lowest BCUT2D eigenvalue weighted by Crippen LogP contribution is -2.19. The SMILES string of the molecule is C[C@H](C=O)[C@@H](C[N+](=O)[O-])c1cccs1. The van der Waals surface area contributed by atoms with Crippen LogP contribution in [0.1, 0.15) is 17.7 Å². The Kier molecular flexibility index (Phi) is 3.76. The molecule has 5 heteroatoms. The van der Waals surface area contributed by atoms with Crippen molar-refractivity contribution in [2.24, 2.45) is 5.92 Å². The number of thiophene rings is 1. The summed E-state index contributed by atoms with van der Waals surface area (Å²) < 4.78 is 0. The number of aldehydes is 1. The topological polar surface area (TPSA) is 60.2 Å². The van der Waals surface area contributed by atoms with Gasteiger partial charge in [0.15, 0.2) is 0 Å². The van der Waals surface area contributed by atoms with Crippen molar-refractivity contribution in [2.45, 2.75) is 12.8 Å². The van der Waals surface area contributed by atoms with Gasteiger partial charge in [-0.1, -0.05) is 13.0 Å². The molecule has 0 aliphatic carbocycles. The minimum atomic E-state index is -0.371. The van der Waals surface area contributed by atoms with Crippen molar-refractivity contribution in [1.82, 2.24) is 0 Å². The molecule has 1 aromatic heterocycles. The maximum Gasteiger partial charge on any atom is 0.212 e. The summed E-state index contributed by atoms with van der Waals surface area (Å²) in [6.45, 7) is 1.53. The van der Waals surface area contributed by atoms with Crippen LogP contribution in [0.25, 0.3) is 0 Å². The normalized spacial score (nSPS) is 14.6. The van der Waals surface area contributed by atoms with E-state index in [4.69, 9.17) is 0 Å². The molecule has 4 nitrogen and oxygen atoms in total. The highest BCUT2D eigenvalue weighted by Gasteiger charge is 2.24. The molecule has 0 saturated carbocycles. The number of carbonyl (C=O) groups excluding carboxylic acids is 1. The third-order valence-corrected chi connectivity index (χ3v) is 3.11. The van der Waals surface area contributed by atoms with Gasteiger partial charge in [-0.25, -0.2) is 0 Å². The number of hydrogen-bond acceptors (Lipinski definition) is 4. The standard InChI is InChI=1S/C9H11NO3S/c1-7(6-11)8(5-10(12)13)9-3-2-4-14-9/h2-4,6-8H,5H2,1H3/t7-,8-/m1/s1. The van der Waals surface area contributed by atoms with Crippen LogP contribution in [0.2, 0.25) is 0 Å². The van der Waals surface area contributed by atoms with Crippen molar-refractivity contribution < 1.29 is 9.72 Å². The molecule has 0 spiro atoms.